The largest absolute Gasteiger partial charge is 0.393 e. The van der Waals surface area contributed by atoms with Crippen LogP contribution in [0.3, 0.4) is 0 Å². The highest BCUT2D eigenvalue weighted by Crippen LogP contribution is 2.26. The molecule has 1 aliphatic carbocycles. The van der Waals surface area contributed by atoms with Crippen molar-refractivity contribution in [2.45, 2.75) is 45.8 Å². The second kappa shape index (κ2) is 6.54. The molecular weight excluding hydrogens is 274 g/mol. The molecule has 0 saturated heterocycles. The molecular formula is C14H23N3O2S. The summed E-state index contributed by atoms with van der Waals surface area (Å²) in [6.07, 6.45) is 2.67. The average molecular weight is 297 g/mol. The first kappa shape index (κ1) is 15.3. The third-order valence-corrected chi connectivity index (χ3v) is 4.95. The first-order valence-electron chi connectivity index (χ1n) is 7.07. The molecule has 0 aromatic carbocycles. The number of aromatic nitrogens is 1. The van der Waals surface area contributed by atoms with Crippen molar-refractivity contribution in [2.24, 2.45) is 5.92 Å². The number of amides is 2. The molecule has 0 bridgehead atoms. The molecule has 2 atom stereocenters. The zero-order chi connectivity index (χ0) is 14.7. The molecule has 2 amide bonds. The van der Waals surface area contributed by atoms with E-state index >= 15 is 0 Å². The van der Waals surface area contributed by atoms with E-state index in [1.54, 1.807) is 23.3 Å². The minimum atomic E-state index is -0.253. The van der Waals surface area contributed by atoms with Crippen molar-refractivity contribution in [3.8, 4) is 0 Å². The molecule has 6 heteroatoms. The van der Waals surface area contributed by atoms with E-state index in [1.807, 2.05) is 13.8 Å². The van der Waals surface area contributed by atoms with Gasteiger partial charge in [0.1, 0.15) is 0 Å². The summed E-state index contributed by atoms with van der Waals surface area (Å²) in [4.78, 5) is 19.2. The van der Waals surface area contributed by atoms with Gasteiger partial charge >= 0.3 is 6.03 Å². The highest BCUT2D eigenvalue weighted by molar-refractivity contribution is 7.11. The third-order valence-electron chi connectivity index (χ3n) is 3.87. The number of urea groups is 1. The van der Waals surface area contributed by atoms with Crippen molar-refractivity contribution < 1.29 is 9.90 Å². The van der Waals surface area contributed by atoms with Crippen LogP contribution in [0, 0.1) is 19.8 Å². The van der Waals surface area contributed by atoms with Gasteiger partial charge in [0.25, 0.3) is 0 Å². The number of hydrogen-bond acceptors (Lipinski definition) is 4. The lowest BCUT2D eigenvalue weighted by Crippen LogP contribution is -2.40. The van der Waals surface area contributed by atoms with Crippen LogP contribution < -0.4 is 5.32 Å². The Morgan fingerprint density at radius 3 is 2.80 bits per heavy atom. The summed E-state index contributed by atoms with van der Waals surface area (Å²) < 4.78 is 0. The van der Waals surface area contributed by atoms with Crippen LogP contribution in [0.25, 0.3) is 0 Å². The zero-order valence-corrected chi connectivity index (χ0v) is 13.2. The standard InChI is InChI=1S/C14H23N3O2S/c1-9-13(20-10(2)16-9)7-15-14(19)17(3)8-11-5-4-6-12(11)18/h11-12,18H,4-8H2,1-3H3,(H,15,19). The van der Waals surface area contributed by atoms with Gasteiger partial charge in [0.05, 0.1) is 23.4 Å². The lowest BCUT2D eigenvalue weighted by Gasteiger charge is -2.23. The van der Waals surface area contributed by atoms with Crippen LogP contribution in [0.4, 0.5) is 4.79 Å². The maximum absolute atomic E-state index is 12.0. The number of carbonyl (C=O) groups excluding carboxylic acids is 1. The number of aliphatic hydroxyl groups is 1. The summed E-state index contributed by atoms with van der Waals surface area (Å²) in [6.45, 7) is 5.07. The molecule has 5 nitrogen and oxygen atoms in total. The Morgan fingerprint density at radius 1 is 1.50 bits per heavy atom. The zero-order valence-electron chi connectivity index (χ0n) is 12.3. The van der Waals surface area contributed by atoms with E-state index in [4.69, 9.17) is 0 Å². The quantitative estimate of drug-likeness (QED) is 0.894. The Balaban J connectivity index is 1.80. The van der Waals surface area contributed by atoms with E-state index in [9.17, 15) is 9.90 Å². The van der Waals surface area contributed by atoms with Gasteiger partial charge in [-0.3, -0.25) is 0 Å². The Morgan fingerprint density at radius 2 is 2.25 bits per heavy atom. The number of carbonyl (C=O) groups is 1. The van der Waals surface area contributed by atoms with Crippen molar-refractivity contribution in [3.05, 3.63) is 15.6 Å². The second-order valence-corrected chi connectivity index (χ2v) is 6.83. The van der Waals surface area contributed by atoms with Gasteiger partial charge in [-0.2, -0.15) is 0 Å². The van der Waals surface area contributed by atoms with Gasteiger partial charge in [0.2, 0.25) is 0 Å². The Labute approximate surface area is 124 Å². The van der Waals surface area contributed by atoms with E-state index in [-0.39, 0.29) is 18.1 Å². The van der Waals surface area contributed by atoms with Crippen molar-refractivity contribution in [2.75, 3.05) is 13.6 Å². The number of rotatable bonds is 4. The molecule has 1 aliphatic rings. The monoisotopic (exact) mass is 297 g/mol. The normalized spacial score (nSPS) is 22.0. The van der Waals surface area contributed by atoms with Gasteiger partial charge in [-0.15, -0.1) is 11.3 Å². The number of thiazole rings is 1. The minimum Gasteiger partial charge on any atom is -0.393 e. The Bertz CT molecular complexity index is 475. The van der Waals surface area contributed by atoms with Gasteiger partial charge in [-0.1, -0.05) is 6.42 Å². The van der Waals surface area contributed by atoms with Crippen LogP contribution in [0.1, 0.15) is 34.8 Å². The van der Waals surface area contributed by atoms with Crippen LogP contribution in [-0.4, -0.2) is 40.7 Å². The first-order valence-corrected chi connectivity index (χ1v) is 7.89. The molecule has 1 fully saturated rings. The van der Waals surface area contributed by atoms with E-state index in [2.05, 4.69) is 10.3 Å². The van der Waals surface area contributed by atoms with Crippen LogP contribution >= 0.6 is 11.3 Å². The van der Waals surface area contributed by atoms with E-state index in [0.717, 1.165) is 34.8 Å². The lowest BCUT2D eigenvalue weighted by atomic mass is 10.1. The van der Waals surface area contributed by atoms with Gasteiger partial charge in [0, 0.05) is 24.4 Å². The number of hydrogen-bond donors (Lipinski definition) is 2. The molecule has 0 aliphatic heterocycles. The Kier molecular flexibility index (Phi) is 4.99. The maximum Gasteiger partial charge on any atom is 0.317 e. The predicted octanol–water partition coefficient (Wildman–Crippen LogP) is 2.06. The van der Waals surface area contributed by atoms with Crippen LogP contribution in [-0.2, 0) is 6.54 Å². The summed E-state index contributed by atoms with van der Waals surface area (Å²) in [6, 6.07) is -0.0884. The van der Waals surface area contributed by atoms with Crippen LogP contribution in [0.15, 0.2) is 0 Å². The lowest BCUT2D eigenvalue weighted by molar-refractivity contribution is 0.114. The van der Waals surface area contributed by atoms with Gasteiger partial charge in [-0.05, 0) is 26.7 Å². The molecule has 0 radical (unpaired) electrons. The summed E-state index contributed by atoms with van der Waals surface area (Å²) in [5.74, 6) is 0.220. The molecule has 112 valence electrons. The smallest absolute Gasteiger partial charge is 0.317 e. The fourth-order valence-electron chi connectivity index (χ4n) is 2.69. The predicted molar refractivity (Wildman–Crippen MR) is 79.8 cm³/mol. The number of nitrogens with zero attached hydrogens (tertiary/aromatic N) is 2. The highest BCUT2D eigenvalue weighted by Gasteiger charge is 2.27. The molecule has 2 unspecified atom stereocenters. The first-order chi connectivity index (χ1) is 9.47. The van der Waals surface area contributed by atoms with Crippen molar-refractivity contribution in [1.29, 1.82) is 0 Å². The molecule has 1 aromatic heterocycles. The molecule has 2 N–H and O–H groups in total. The number of aryl methyl sites for hydroxylation is 2. The SMILES string of the molecule is Cc1nc(C)c(CNC(=O)N(C)CC2CCCC2O)s1. The molecule has 1 aromatic rings. The van der Waals surface area contributed by atoms with E-state index in [1.165, 1.54) is 0 Å². The topological polar surface area (TPSA) is 65.5 Å². The Hall–Kier alpha value is -1.14. The highest BCUT2D eigenvalue weighted by atomic mass is 32.1. The summed E-state index contributed by atoms with van der Waals surface area (Å²) >= 11 is 1.62. The molecule has 2 rings (SSSR count). The van der Waals surface area contributed by atoms with E-state index in [0.29, 0.717) is 13.1 Å². The van der Waals surface area contributed by atoms with Crippen molar-refractivity contribution in [3.63, 3.8) is 0 Å². The van der Waals surface area contributed by atoms with Crippen LogP contribution in [0.5, 0.6) is 0 Å². The third kappa shape index (κ3) is 3.70. The minimum absolute atomic E-state index is 0.0884. The molecule has 1 heterocycles. The van der Waals surface area contributed by atoms with Crippen LogP contribution in [0.2, 0.25) is 0 Å². The number of aliphatic hydroxyl groups excluding tert-OH is 1. The fourth-order valence-corrected chi connectivity index (χ4v) is 3.57. The molecule has 20 heavy (non-hydrogen) atoms. The summed E-state index contributed by atoms with van der Waals surface area (Å²) in [7, 11) is 1.78. The average Bonchev–Trinajstić information content (AvgIpc) is 2.93. The summed E-state index contributed by atoms with van der Waals surface area (Å²) in [5, 5.41) is 13.7. The maximum atomic E-state index is 12.0. The molecule has 1 saturated carbocycles. The second-order valence-electron chi connectivity index (χ2n) is 5.54. The van der Waals surface area contributed by atoms with E-state index < -0.39 is 0 Å². The van der Waals surface area contributed by atoms with Gasteiger partial charge < -0.3 is 15.3 Å². The summed E-state index contributed by atoms with van der Waals surface area (Å²) in [5.41, 5.74) is 0.988. The number of nitrogens with one attached hydrogen (secondary N) is 1. The fraction of sp³-hybridized carbons (Fsp3) is 0.714. The molecule has 0 spiro atoms. The van der Waals surface area contributed by atoms with Gasteiger partial charge in [-0.25, -0.2) is 9.78 Å². The van der Waals surface area contributed by atoms with Crippen molar-refractivity contribution >= 4 is 17.4 Å². The van der Waals surface area contributed by atoms with Crippen molar-refractivity contribution in [1.82, 2.24) is 15.2 Å². The van der Waals surface area contributed by atoms with Gasteiger partial charge in [0.15, 0.2) is 0 Å².